The summed E-state index contributed by atoms with van der Waals surface area (Å²) in [6.45, 7) is 0.782. The molecule has 3 rings (SSSR count). The molecule has 0 bridgehead atoms. The summed E-state index contributed by atoms with van der Waals surface area (Å²) in [5, 5.41) is 2.81. The first kappa shape index (κ1) is 23.3. The van der Waals surface area contributed by atoms with Crippen molar-refractivity contribution in [2.24, 2.45) is 0 Å². The van der Waals surface area contributed by atoms with Crippen LogP contribution >= 0.6 is 23.2 Å². The van der Waals surface area contributed by atoms with Crippen LogP contribution in [0, 0.1) is 0 Å². The van der Waals surface area contributed by atoms with Gasteiger partial charge in [-0.1, -0.05) is 29.3 Å². The van der Waals surface area contributed by atoms with E-state index in [0.29, 0.717) is 13.2 Å². The number of methoxy groups -OCH3 is 1. The van der Waals surface area contributed by atoms with Crippen molar-refractivity contribution in [2.75, 3.05) is 32.6 Å². The van der Waals surface area contributed by atoms with Crippen LogP contribution < -0.4 is 5.32 Å². The maximum Gasteiger partial charge on any atom is 0.435 e. The van der Waals surface area contributed by atoms with E-state index in [0.717, 1.165) is 0 Å². The van der Waals surface area contributed by atoms with Gasteiger partial charge in [0.25, 0.3) is 5.91 Å². The minimum atomic E-state index is -4.67. The Hall–Kier alpha value is -2.33. The van der Waals surface area contributed by atoms with Crippen molar-refractivity contribution in [2.45, 2.75) is 12.7 Å². The molecule has 0 aliphatic carbocycles. The molecule has 2 aromatic heterocycles. The van der Waals surface area contributed by atoms with Crippen LogP contribution in [0.25, 0.3) is 5.65 Å². The van der Waals surface area contributed by atoms with Gasteiger partial charge < -0.3 is 14.5 Å². The van der Waals surface area contributed by atoms with Gasteiger partial charge in [-0.15, -0.1) is 0 Å². The number of aromatic nitrogens is 2. The summed E-state index contributed by atoms with van der Waals surface area (Å²) in [6.07, 6.45) is -3.20. The number of carbonyl (C=O) groups excluding carboxylic acids is 1. The number of likely N-dealkylation sites (N-methyl/N-ethyl adjacent to an activating group) is 1. The standard InChI is InChI=1S/C20H19Cl2F3N4O2/c1-28(9-10-31-2)11-15-17(20(23,24)25)27-18-14(7-4-8-29(15)18)26-19(30)16-12(21)5-3-6-13(16)22/h3-8H,9-11H2,1-2H3,(H,26,30). The van der Waals surface area contributed by atoms with Crippen molar-refractivity contribution in [3.63, 3.8) is 0 Å². The lowest BCUT2D eigenvalue weighted by molar-refractivity contribution is -0.141. The van der Waals surface area contributed by atoms with Gasteiger partial charge in [0.15, 0.2) is 11.3 Å². The molecule has 2 heterocycles. The van der Waals surface area contributed by atoms with Crippen LogP contribution in [0.2, 0.25) is 10.0 Å². The highest BCUT2D eigenvalue weighted by Gasteiger charge is 2.38. The third kappa shape index (κ3) is 5.12. The maximum absolute atomic E-state index is 13.7. The van der Waals surface area contributed by atoms with Gasteiger partial charge in [-0.3, -0.25) is 9.69 Å². The van der Waals surface area contributed by atoms with E-state index in [1.165, 1.54) is 42.0 Å². The van der Waals surface area contributed by atoms with E-state index in [1.54, 1.807) is 18.0 Å². The molecule has 166 valence electrons. The van der Waals surface area contributed by atoms with Gasteiger partial charge in [-0.25, -0.2) is 4.98 Å². The Labute approximate surface area is 186 Å². The monoisotopic (exact) mass is 474 g/mol. The topological polar surface area (TPSA) is 58.9 Å². The molecule has 31 heavy (non-hydrogen) atoms. The van der Waals surface area contributed by atoms with Crippen LogP contribution in [0.3, 0.4) is 0 Å². The number of anilines is 1. The molecule has 6 nitrogen and oxygen atoms in total. The largest absolute Gasteiger partial charge is 0.435 e. The Morgan fingerprint density at radius 3 is 2.52 bits per heavy atom. The summed E-state index contributed by atoms with van der Waals surface area (Å²) in [6, 6.07) is 7.56. The minimum Gasteiger partial charge on any atom is -0.383 e. The fraction of sp³-hybridized carbons (Fsp3) is 0.300. The molecule has 0 unspecified atom stereocenters. The highest BCUT2D eigenvalue weighted by molar-refractivity contribution is 6.40. The van der Waals surface area contributed by atoms with E-state index in [-0.39, 0.29) is 39.2 Å². The van der Waals surface area contributed by atoms with Crippen molar-refractivity contribution in [3.05, 3.63) is 63.5 Å². The number of alkyl halides is 3. The van der Waals surface area contributed by atoms with Gasteiger partial charge in [0, 0.05) is 26.4 Å². The van der Waals surface area contributed by atoms with E-state index in [9.17, 15) is 18.0 Å². The van der Waals surface area contributed by atoms with E-state index in [2.05, 4.69) is 10.3 Å². The van der Waals surface area contributed by atoms with Crippen LogP contribution in [0.1, 0.15) is 21.7 Å². The first-order chi connectivity index (χ1) is 14.6. The van der Waals surface area contributed by atoms with Crippen molar-refractivity contribution >= 4 is 40.4 Å². The van der Waals surface area contributed by atoms with Gasteiger partial charge in [0.2, 0.25) is 0 Å². The SMILES string of the molecule is COCCN(C)Cc1c(C(F)(F)F)nc2c(NC(=O)c3c(Cl)cccc3Cl)cccn12. The average molecular weight is 475 g/mol. The molecule has 0 saturated carbocycles. The summed E-state index contributed by atoms with van der Waals surface area (Å²) < 4.78 is 47.4. The quantitative estimate of drug-likeness (QED) is 0.523. The number of fused-ring (bicyclic) bond motifs is 1. The number of nitrogens with zero attached hydrogens (tertiary/aromatic N) is 3. The predicted molar refractivity (Wildman–Crippen MR) is 113 cm³/mol. The number of imidazole rings is 1. The molecular weight excluding hydrogens is 456 g/mol. The second kappa shape index (κ2) is 9.44. The molecule has 0 fully saturated rings. The van der Waals surface area contributed by atoms with Crippen molar-refractivity contribution in [1.82, 2.24) is 14.3 Å². The van der Waals surface area contributed by atoms with Gasteiger partial charge in [-0.05, 0) is 31.3 Å². The highest BCUT2D eigenvalue weighted by Crippen LogP contribution is 2.34. The molecule has 0 aliphatic heterocycles. The number of amides is 1. The molecule has 3 aromatic rings. The maximum atomic E-state index is 13.7. The lowest BCUT2D eigenvalue weighted by Gasteiger charge is -2.17. The number of pyridine rings is 1. The van der Waals surface area contributed by atoms with Gasteiger partial charge in [0.05, 0.1) is 33.6 Å². The Bertz CT molecular complexity index is 1080. The summed E-state index contributed by atoms with van der Waals surface area (Å²) in [5.74, 6) is -0.654. The molecule has 0 atom stereocenters. The van der Waals surface area contributed by atoms with Crippen LogP contribution in [0.4, 0.5) is 18.9 Å². The van der Waals surface area contributed by atoms with Crippen LogP contribution in [0.5, 0.6) is 0 Å². The zero-order valence-corrected chi connectivity index (χ0v) is 18.1. The number of rotatable bonds is 7. The third-order valence-electron chi connectivity index (χ3n) is 4.55. The minimum absolute atomic E-state index is 0.0207. The van der Waals surface area contributed by atoms with Crippen molar-refractivity contribution in [3.8, 4) is 0 Å². The van der Waals surface area contributed by atoms with E-state index in [1.807, 2.05) is 0 Å². The van der Waals surface area contributed by atoms with Crippen molar-refractivity contribution in [1.29, 1.82) is 0 Å². The number of hydrogen-bond donors (Lipinski definition) is 1. The average Bonchev–Trinajstić information content (AvgIpc) is 3.06. The lowest BCUT2D eigenvalue weighted by atomic mass is 10.2. The smallest absolute Gasteiger partial charge is 0.383 e. The zero-order valence-electron chi connectivity index (χ0n) is 16.6. The normalized spacial score (nSPS) is 12.0. The first-order valence-electron chi connectivity index (χ1n) is 9.13. The molecule has 1 amide bonds. The summed E-state index contributed by atoms with van der Waals surface area (Å²) in [7, 11) is 3.20. The van der Waals surface area contributed by atoms with E-state index in [4.69, 9.17) is 27.9 Å². The summed E-state index contributed by atoms with van der Waals surface area (Å²) >= 11 is 12.1. The predicted octanol–water partition coefficient (Wildman–Crippen LogP) is 4.99. The number of ether oxygens (including phenoxy) is 1. The fourth-order valence-electron chi connectivity index (χ4n) is 3.07. The van der Waals surface area contributed by atoms with Gasteiger partial charge in [0.1, 0.15) is 0 Å². The highest BCUT2D eigenvalue weighted by atomic mass is 35.5. The second-order valence-electron chi connectivity index (χ2n) is 6.80. The first-order valence-corrected chi connectivity index (χ1v) is 9.89. The Morgan fingerprint density at radius 2 is 1.90 bits per heavy atom. The molecule has 0 spiro atoms. The van der Waals surface area contributed by atoms with Crippen LogP contribution in [-0.2, 0) is 17.5 Å². The second-order valence-corrected chi connectivity index (χ2v) is 7.62. The number of benzene rings is 1. The number of halogens is 5. The number of nitrogens with one attached hydrogen (secondary N) is 1. The molecule has 0 aliphatic rings. The molecule has 1 N–H and O–H groups in total. The molecule has 0 saturated heterocycles. The zero-order chi connectivity index (χ0) is 22.8. The van der Waals surface area contributed by atoms with Crippen LogP contribution in [0.15, 0.2) is 36.5 Å². The Balaban J connectivity index is 2.03. The lowest BCUT2D eigenvalue weighted by Crippen LogP contribution is -2.24. The molecule has 1 aromatic carbocycles. The Kier molecular flexibility index (Phi) is 7.10. The molecule has 0 radical (unpaired) electrons. The van der Waals surface area contributed by atoms with E-state index >= 15 is 0 Å². The Morgan fingerprint density at radius 1 is 1.23 bits per heavy atom. The number of carbonyl (C=O) groups is 1. The summed E-state index contributed by atoms with van der Waals surface area (Å²) in [4.78, 5) is 18.2. The number of hydrogen-bond acceptors (Lipinski definition) is 4. The molecular formula is C20H19Cl2F3N4O2. The van der Waals surface area contributed by atoms with Gasteiger partial charge in [-0.2, -0.15) is 13.2 Å². The fourth-order valence-corrected chi connectivity index (χ4v) is 3.64. The van der Waals surface area contributed by atoms with E-state index < -0.39 is 17.8 Å². The van der Waals surface area contributed by atoms with Gasteiger partial charge >= 0.3 is 6.18 Å². The summed E-state index contributed by atoms with van der Waals surface area (Å²) in [5.41, 5.74) is -0.988. The van der Waals surface area contributed by atoms with Crippen molar-refractivity contribution < 1.29 is 22.7 Å². The molecule has 11 heteroatoms. The van der Waals surface area contributed by atoms with Crippen LogP contribution in [-0.4, -0.2) is 47.5 Å². The third-order valence-corrected chi connectivity index (χ3v) is 5.18.